The first-order valence-corrected chi connectivity index (χ1v) is 12.7. The Morgan fingerprint density at radius 1 is 0.912 bits per heavy atom. The Labute approximate surface area is 203 Å². The first-order valence-electron chi connectivity index (χ1n) is 12.7. The number of benzene rings is 1. The fourth-order valence-corrected chi connectivity index (χ4v) is 5.70. The summed E-state index contributed by atoms with van der Waals surface area (Å²) in [5.74, 6) is 1.14. The number of hydrogen-bond donors (Lipinski definition) is 0. The van der Waals surface area contributed by atoms with Gasteiger partial charge in [0.25, 0.3) is 0 Å². The first-order chi connectivity index (χ1) is 16.5. The maximum atomic E-state index is 13.0. The Kier molecular flexibility index (Phi) is 7.89. The van der Waals surface area contributed by atoms with E-state index in [-0.39, 0.29) is 30.1 Å². The maximum absolute atomic E-state index is 13.0. The van der Waals surface area contributed by atoms with Crippen molar-refractivity contribution >= 4 is 23.1 Å². The van der Waals surface area contributed by atoms with Crippen LogP contribution in [-0.4, -0.2) is 68.3 Å². The molecule has 1 amide bonds. The molecule has 0 N–H and O–H groups in total. The van der Waals surface area contributed by atoms with Gasteiger partial charge in [0.05, 0.1) is 11.4 Å². The van der Waals surface area contributed by atoms with Crippen LogP contribution in [0.1, 0.15) is 51.4 Å². The third kappa shape index (κ3) is 5.28. The number of ketones is 1. The zero-order valence-corrected chi connectivity index (χ0v) is 20.6. The molecular formula is C27H37N5O2. The highest BCUT2D eigenvalue weighted by molar-refractivity contribution is 6.03. The highest BCUT2D eigenvalue weighted by Crippen LogP contribution is 2.40. The van der Waals surface area contributed by atoms with E-state index in [0.29, 0.717) is 5.82 Å². The molecule has 4 rings (SSSR count). The molecule has 3 aliphatic rings. The van der Waals surface area contributed by atoms with Gasteiger partial charge < -0.3 is 19.6 Å². The van der Waals surface area contributed by atoms with Crippen molar-refractivity contribution in [2.75, 3.05) is 56.6 Å². The molecule has 7 heteroatoms. The van der Waals surface area contributed by atoms with E-state index < -0.39 is 0 Å². The highest BCUT2D eigenvalue weighted by Gasteiger charge is 2.31. The Bertz CT molecular complexity index is 944. The lowest BCUT2D eigenvalue weighted by atomic mass is 9.89. The average molecular weight is 464 g/mol. The summed E-state index contributed by atoms with van der Waals surface area (Å²) in [6.07, 6.45) is 7.97. The SMILES string of the molecule is CN1C(=C(C#N)C(=O)CCC(=O)N2CCCN(CC3CCCCC3)CC2)N(C)c2ccccc21. The van der Waals surface area contributed by atoms with Crippen molar-refractivity contribution in [3.05, 3.63) is 35.7 Å². The van der Waals surface area contributed by atoms with Gasteiger partial charge in [0.2, 0.25) is 5.91 Å². The number of carbonyl (C=O) groups excluding carboxylic acids is 2. The van der Waals surface area contributed by atoms with E-state index in [4.69, 9.17) is 0 Å². The normalized spacial score (nSPS) is 19.6. The van der Waals surface area contributed by atoms with E-state index in [1.807, 2.05) is 53.1 Å². The molecule has 2 fully saturated rings. The zero-order chi connectivity index (χ0) is 24.1. The van der Waals surface area contributed by atoms with Crippen LogP contribution in [-0.2, 0) is 9.59 Å². The number of allylic oxidation sites excluding steroid dienone is 1. The zero-order valence-electron chi connectivity index (χ0n) is 20.6. The molecule has 0 radical (unpaired) electrons. The molecule has 0 spiro atoms. The van der Waals surface area contributed by atoms with Crippen molar-refractivity contribution in [1.82, 2.24) is 9.80 Å². The molecule has 1 aliphatic carbocycles. The van der Waals surface area contributed by atoms with E-state index in [1.54, 1.807) is 0 Å². The van der Waals surface area contributed by atoms with E-state index in [2.05, 4.69) is 11.0 Å². The molecule has 1 aromatic carbocycles. The number of fused-ring (bicyclic) bond motifs is 1. The van der Waals surface area contributed by atoms with Crippen LogP contribution in [0.15, 0.2) is 35.7 Å². The Morgan fingerprint density at radius 3 is 2.24 bits per heavy atom. The number of carbonyl (C=O) groups is 2. The summed E-state index contributed by atoms with van der Waals surface area (Å²) in [5, 5.41) is 9.80. The van der Waals surface area contributed by atoms with Gasteiger partial charge in [0.15, 0.2) is 5.78 Å². The van der Waals surface area contributed by atoms with Crippen LogP contribution in [0.2, 0.25) is 0 Å². The van der Waals surface area contributed by atoms with Crippen LogP contribution in [0.4, 0.5) is 11.4 Å². The monoisotopic (exact) mass is 463 g/mol. The van der Waals surface area contributed by atoms with E-state index in [1.165, 1.54) is 32.1 Å². The van der Waals surface area contributed by atoms with Gasteiger partial charge in [-0.15, -0.1) is 0 Å². The fraction of sp³-hybridized carbons (Fsp3) is 0.593. The van der Waals surface area contributed by atoms with Gasteiger partial charge in [0.1, 0.15) is 17.5 Å². The molecule has 0 unspecified atom stereocenters. The molecule has 0 aromatic heterocycles. The number of amides is 1. The molecule has 2 aliphatic heterocycles. The number of nitriles is 1. The first kappa shape index (κ1) is 24.3. The standard InChI is InChI=1S/C27H37N5O2/c1-29-23-11-6-7-12-24(23)30(2)27(29)22(19-28)25(33)13-14-26(34)32-16-8-15-31(17-18-32)20-21-9-4-3-5-10-21/h6-7,11-12,21H,3-5,8-10,13-18,20H2,1-2H3. The van der Waals surface area contributed by atoms with Crippen LogP contribution >= 0.6 is 0 Å². The summed E-state index contributed by atoms with van der Waals surface area (Å²) in [7, 11) is 3.73. The molecule has 7 nitrogen and oxygen atoms in total. The fourth-order valence-electron chi connectivity index (χ4n) is 5.70. The smallest absolute Gasteiger partial charge is 0.223 e. The second-order valence-corrected chi connectivity index (χ2v) is 9.88. The number of para-hydroxylation sites is 2. The number of Topliss-reactive ketones (excluding diaryl/α,β-unsaturated/α-hetero) is 1. The molecule has 1 saturated carbocycles. The van der Waals surface area contributed by atoms with E-state index >= 15 is 0 Å². The second kappa shape index (κ2) is 11.1. The third-order valence-electron chi connectivity index (χ3n) is 7.60. The molecule has 182 valence electrons. The lowest BCUT2D eigenvalue weighted by Gasteiger charge is -2.28. The highest BCUT2D eigenvalue weighted by atomic mass is 16.2. The Morgan fingerprint density at radius 2 is 1.59 bits per heavy atom. The van der Waals surface area contributed by atoms with Gasteiger partial charge in [-0.3, -0.25) is 9.59 Å². The molecular weight excluding hydrogens is 426 g/mol. The van der Waals surface area contributed by atoms with Crippen molar-refractivity contribution in [2.45, 2.75) is 51.4 Å². The van der Waals surface area contributed by atoms with Gasteiger partial charge in [-0.25, -0.2) is 0 Å². The average Bonchev–Trinajstić information content (AvgIpc) is 3.00. The van der Waals surface area contributed by atoms with Crippen molar-refractivity contribution in [2.24, 2.45) is 5.92 Å². The second-order valence-electron chi connectivity index (χ2n) is 9.88. The van der Waals surface area contributed by atoms with Crippen LogP contribution in [0, 0.1) is 17.2 Å². The van der Waals surface area contributed by atoms with Crippen LogP contribution in [0.3, 0.4) is 0 Å². The number of rotatable bonds is 6. The van der Waals surface area contributed by atoms with Gasteiger partial charge in [-0.2, -0.15) is 5.26 Å². The Hall–Kier alpha value is -2.85. The van der Waals surface area contributed by atoms with E-state index in [0.717, 1.165) is 56.4 Å². The van der Waals surface area contributed by atoms with Gasteiger partial charge in [-0.05, 0) is 43.9 Å². The summed E-state index contributed by atoms with van der Waals surface area (Å²) >= 11 is 0. The number of hydrogen-bond acceptors (Lipinski definition) is 6. The molecule has 0 bridgehead atoms. The van der Waals surface area contributed by atoms with Crippen molar-refractivity contribution in [3.8, 4) is 6.07 Å². The predicted molar refractivity (Wildman–Crippen MR) is 134 cm³/mol. The summed E-state index contributed by atoms with van der Waals surface area (Å²) in [4.78, 5) is 34.1. The van der Waals surface area contributed by atoms with Crippen molar-refractivity contribution < 1.29 is 9.59 Å². The minimum atomic E-state index is -0.272. The van der Waals surface area contributed by atoms with Gasteiger partial charge in [0, 0.05) is 53.1 Å². The van der Waals surface area contributed by atoms with Crippen LogP contribution < -0.4 is 9.80 Å². The van der Waals surface area contributed by atoms with Crippen molar-refractivity contribution in [3.63, 3.8) is 0 Å². The summed E-state index contributed by atoms with van der Waals surface area (Å²) in [5.41, 5.74) is 2.03. The topological polar surface area (TPSA) is 70.9 Å². The maximum Gasteiger partial charge on any atom is 0.223 e. The number of nitrogens with zero attached hydrogens (tertiary/aromatic N) is 5. The Balaban J connectivity index is 1.32. The van der Waals surface area contributed by atoms with Gasteiger partial charge in [-0.1, -0.05) is 31.4 Å². The summed E-state index contributed by atoms with van der Waals surface area (Å²) < 4.78 is 0. The molecule has 2 heterocycles. The lowest BCUT2D eigenvalue weighted by Crippen LogP contribution is -2.37. The minimum Gasteiger partial charge on any atom is -0.341 e. The van der Waals surface area contributed by atoms with Gasteiger partial charge >= 0.3 is 0 Å². The largest absolute Gasteiger partial charge is 0.341 e. The summed E-state index contributed by atoms with van der Waals surface area (Å²) in [6.45, 7) is 4.59. The minimum absolute atomic E-state index is 0.0200. The van der Waals surface area contributed by atoms with Crippen molar-refractivity contribution in [1.29, 1.82) is 5.26 Å². The number of anilines is 2. The molecule has 0 atom stereocenters. The summed E-state index contributed by atoms with van der Waals surface area (Å²) in [6, 6.07) is 9.94. The quantitative estimate of drug-likeness (QED) is 0.472. The predicted octanol–water partition coefficient (Wildman–Crippen LogP) is 3.77. The molecule has 1 aromatic rings. The molecule has 1 saturated heterocycles. The van der Waals surface area contributed by atoms with Crippen LogP contribution in [0.5, 0.6) is 0 Å². The molecule has 34 heavy (non-hydrogen) atoms. The third-order valence-corrected chi connectivity index (χ3v) is 7.60. The lowest BCUT2D eigenvalue weighted by molar-refractivity contribution is -0.132. The van der Waals surface area contributed by atoms with E-state index in [9.17, 15) is 14.9 Å². The van der Waals surface area contributed by atoms with Crippen LogP contribution in [0.25, 0.3) is 0 Å².